The first-order valence-electron chi connectivity index (χ1n) is 3.62. The zero-order chi connectivity index (χ0) is 7.68. The maximum Gasteiger partial charge on any atom is 0.0644 e. The lowest BCUT2D eigenvalue weighted by molar-refractivity contribution is 0.993. The number of rotatable bonds is 0. The highest BCUT2D eigenvalue weighted by Gasteiger charge is 2.01. The molecule has 0 saturated carbocycles. The van der Waals surface area contributed by atoms with Gasteiger partial charge >= 0.3 is 0 Å². The molecule has 2 rings (SSSR count). The van der Waals surface area contributed by atoms with Gasteiger partial charge < -0.3 is 0 Å². The number of hydrogen-bond donors (Lipinski definition) is 0. The Hall–Kier alpha value is -0.380. The van der Waals surface area contributed by atoms with Crippen LogP contribution < -0.4 is 10.6 Å². The van der Waals surface area contributed by atoms with E-state index in [1.807, 2.05) is 6.07 Å². The molecule has 1 aliphatic rings. The summed E-state index contributed by atoms with van der Waals surface area (Å²) in [6.45, 7) is 0.928. The molecule has 0 aromatic heterocycles. The molecule has 0 radical (unpaired) electrons. The summed E-state index contributed by atoms with van der Waals surface area (Å²) in [5.41, 5.74) is 0. The second-order valence-corrected chi connectivity index (χ2v) is 4.18. The van der Waals surface area contributed by atoms with E-state index in [1.165, 1.54) is 5.22 Å². The molecule has 1 unspecified atom stereocenters. The molecule has 1 aromatic carbocycles. The SMILES string of the molecule is IC1C=c2ccccc2=NC1. The third kappa shape index (κ3) is 1.45. The predicted octanol–water partition coefficient (Wildman–Crippen LogP) is 0.904. The number of para-hydroxylation sites is 1. The number of nitrogens with zero attached hydrogens (tertiary/aromatic N) is 1. The van der Waals surface area contributed by atoms with Crippen LogP contribution in [0, 0.1) is 0 Å². The van der Waals surface area contributed by atoms with Gasteiger partial charge in [-0.25, -0.2) is 0 Å². The van der Waals surface area contributed by atoms with E-state index >= 15 is 0 Å². The van der Waals surface area contributed by atoms with Gasteiger partial charge in [-0.05, 0) is 11.3 Å². The Balaban J connectivity index is 2.73. The van der Waals surface area contributed by atoms with Crippen LogP contribution in [0.4, 0.5) is 0 Å². The van der Waals surface area contributed by atoms with E-state index in [0.29, 0.717) is 3.92 Å². The number of halogens is 1. The third-order valence-electron chi connectivity index (χ3n) is 1.73. The second-order valence-electron chi connectivity index (χ2n) is 2.58. The summed E-state index contributed by atoms with van der Waals surface area (Å²) in [4.78, 5) is 4.44. The molecule has 2 heteroatoms. The molecule has 56 valence electrons. The van der Waals surface area contributed by atoms with Crippen molar-refractivity contribution in [3.63, 3.8) is 0 Å². The highest BCUT2D eigenvalue weighted by molar-refractivity contribution is 14.1. The Morgan fingerprint density at radius 1 is 1.36 bits per heavy atom. The Labute approximate surface area is 79.0 Å². The van der Waals surface area contributed by atoms with Gasteiger partial charge in [-0.2, -0.15) is 0 Å². The summed E-state index contributed by atoms with van der Waals surface area (Å²) in [6, 6.07) is 8.27. The van der Waals surface area contributed by atoms with Crippen molar-refractivity contribution in [3.8, 4) is 0 Å². The zero-order valence-corrected chi connectivity index (χ0v) is 8.15. The summed E-state index contributed by atoms with van der Waals surface area (Å²) in [6.07, 6.45) is 2.27. The maximum atomic E-state index is 4.44. The monoisotopic (exact) mass is 257 g/mol. The summed E-state index contributed by atoms with van der Waals surface area (Å²) in [7, 11) is 0. The van der Waals surface area contributed by atoms with Gasteiger partial charge in [-0.3, -0.25) is 4.99 Å². The molecule has 0 aliphatic carbocycles. The first-order chi connectivity index (χ1) is 5.36. The molecule has 11 heavy (non-hydrogen) atoms. The van der Waals surface area contributed by atoms with Crippen LogP contribution in [-0.4, -0.2) is 10.5 Å². The van der Waals surface area contributed by atoms with E-state index < -0.39 is 0 Å². The third-order valence-corrected chi connectivity index (χ3v) is 2.49. The lowest BCUT2D eigenvalue weighted by Crippen LogP contribution is -2.30. The molecule has 0 bridgehead atoms. The molecule has 1 atom stereocenters. The van der Waals surface area contributed by atoms with Gasteiger partial charge in [0.15, 0.2) is 0 Å². The van der Waals surface area contributed by atoms with Crippen LogP contribution in [0.15, 0.2) is 29.3 Å². The lowest BCUT2D eigenvalue weighted by atomic mass is 10.2. The fourth-order valence-corrected chi connectivity index (χ4v) is 1.79. The van der Waals surface area contributed by atoms with Crippen molar-refractivity contribution in [2.24, 2.45) is 4.99 Å². The predicted molar refractivity (Wildman–Crippen MR) is 54.4 cm³/mol. The Kier molecular flexibility index (Phi) is 1.94. The number of alkyl halides is 1. The summed E-state index contributed by atoms with van der Waals surface area (Å²) in [5.74, 6) is 0. The highest BCUT2D eigenvalue weighted by Crippen LogP contribution is 2.02. The average Bonchev–Trinajstić information content (AvgIpc) is 2.04. The van der Waals surface area contributed by atoms with Crippen LogP contribution in [0.5, 0.6) is 0 Å². The maximum absolute atomic E-state index is 4.44. The standard InChI is InChI=1S/C9H8IN/c10-8-5-7-3-1-2-4-9(7)11-6-8/h1-5,8H,6H2. The number of fused-ring (bicyclic) bond motifs is 1. The molecule has 1 nitrogen and oxygen atoms in total. The normalized spacial score (nSPS) is 21.4. The van der Waals surface area contributed by atoms with Crippen molar-refractivity contribution in [1.29, 1.82) is 0 Å². The van der Waals surface area contributed by atoms with Gasteiger partial charge in [0.2, 0.25) is 0 Å². The van der Waals surface area contributed by atoms with Gasteiger partial charge in [-0.15, -0.1) is 0 Å². The van der Waals surface area contributed by atoms with Crippen LogP contribution in [0.1, 0.15) is 0 Å². The molecule has 0 N–H and O–H groups in total. The minimum absolute atomic E-state index is 0.572. The lowest BCUT2D eigenvalue weighted by Gasteiger charge is -2.04. The van der Waals surface area contributed by atoms with Gasteiger partial charge in [0.25, 0.3) is 0 Å². The molecular formula is C9H8IN. The van der Waals surface area contributed by atoms with Crippen molar-refractivity contribution in [1.82, 2.24) is 0 Å². The van der Waals surface area contributed by atoms with E-state index in [2.05, 4.69) is 51.9 Å². The van der Waals surface area contributed by atoms with Crippen molar-refractivity contribution >= 4 is 28.7 Å². The first-order valence-corrected chi connectivity index (χ1v) is 4.86. The van der Waals surface area contributed by atoms with Gasteiger partial charge in [-0.1, -0.05) is 46.9 Å². The fourth-order valence-electron chi connectivity index (χ4n) is 1.21. The molecule has 0 saturated heterocycles. The molecule has 0 fully saturated rings. The van der Waals surface area contributed by atoms with Crippen LogP contribution in [0.25, 0.3) is 6.08 Å². The summed E-state index contributed by atoms with van der Waals surface area (Å²) in [5, 5.41) is 2.42. The second kappa shape index (κ2) is 2.93. The van der Waals surface area contributed by atoms with Crippen molar-refractivity contribution < 1.29 is 0 Å². The molecular weight excluding hydrogens is 249 g/mol. The van der Waals surface area contributed by atoms with Crippen molar-refractivity contribution in [3.05, 3.63) is 34.8 Å². The number of benzene rings is 1. The van der Waals surface area contributed by atoms with Crippen LogP contribution >= 0.6 is 22.6 Å². The van der Waals surface area contributed by atoms with Crippen LogP contribution in [0.2, 0.25) is 0 Å². The summed E-state index contributed by atoms with van der Waals surface area (Å²) < 4.78 is 0.572. The highest BCUT2D eigenvalue weighted by atomic mass is 127. The van der Waals surface area contributed by atoms with Gasteiger partial charge in [0, 0.05) is 3.92 Å². The van der Waals surface area contributed by atoms with E-state index in [1.54, 1.807) is 0 Å². The van der Waals surface area contributed by atoms with Crippen molar-refractivity contribution in [2.75, 3.05) is 6.54 Å². The zero-order valence-electron chi connectivity index (χ0n) is 6.00. The van der Waals surface area contributed by atoms with E-state index in [9.17, 15) is 0 Å². The van der Waals surface area contributed by atoms with Crippen LogP contribution in [0.3, 0.4) is 0 Å². The molecule has 1 aliphatic heterocycles. The minimum Gasteiger partial charge on any atom is -0.283 e. The Bertz CT molecular complexity index is 369. The fraction of sp³-hybridized carbons (Fsp3) is 0.222. The first kappa shape index (κ1) is 7.28. The van der Waals surface area contributed by atoms with E-state index in [-0.39, 0.29) is 0 Å². The Morgan fingerprint density at radius 2 is 2.18 bits per heavy atom. The van der Waals surface area contributed by atoms with Gasteiger partial charge in [0.05, 0.1) is 11.9 Å². The minimum atomic E-state index is 0.572. The van der Waals surface area contributed by atoms with Crippen molar-refractivity contribution in [2.45, 2.75) is 3.92 Å². The molecule has 1 aromatic rings. The summed E-state index contributed by atoms with van der Waals surface area (Å²) >= 11 is 2.40. The Morgan fingerprint density at radius 3 is 3.09 bits per heavy atom. The molecule has 0 amide bonds. The van der Waals surface area contributed by atoms with E-state index in [0.717, 1.165) is 11.9 Å². The molecule has 1 heterocycles. The number of hydrogen-bond acceptors (Lipinski definition) is 1. The largest absolute Gasteiger partial charge is 0.283 e. The van der Waals surface area contributed by atoms with E-state index in [4.69, 9.17) is 0 Å². The smallest absolute Gasteiger partial charge is 0.0644 e. The van der Waals surface area contributed by atoms with Gasteiger partial charge in [0.1, 0.15) is 0 Å². The molecule has 0 spiro atoms. The quantitative estimate of drug-likeness (QED) is 0.484. The topological polar surface area (TPSA) is 12.4 Å². The average molecular weight is 257 g/mol. The van der Waals surface area contributed by atoms with Crippen LogP contribution in [-0.2, 0) is 0 Å².